The quantitative estimate of drug-likeness (QED) is 0.665. The fourth-order valence-corrected chi connectivity index (χ4v) is 3.06. The van der Waals surface area contributed by atoms with E-state index in [0.717, 1.165) is 5.56 Å². The van der Waals surface area contributed by atoms with Crippen LogP contribution < -0.4 is 10.1 Å². The molecule has 134 valence electrons. The SMILES string of the molecule is CCOc1ccccc1NC(=O)C[C@H](c1cccc(C)c1)n1cccc1. The van der Waals surface area contributed by atoms with Crippen LogP contribution in [0.4, 0.5) is 5.69 Å². The number of hydrogen-bond acceptors (Lipinski definition) is 2. The van der Waals surface area contributed by atoms with E-state index in [1.807, 2.05) is 61.8 Å². The van der Waals surface area contributed by atoms with Crippen molar-refractivity contribution in [1.82, 2.24) is 4.57 Å². The summed E-state index contributed by atoms with van der Waals surface area (Å²) < 4.78 is 7.67. The maximum absolute atomic E-state index is 12.8. The lowest BCUT2D eigenvalue weighted by Crippen LogP contribution is -2.20. The molecule has 0 fully saturated rings. The molecule has 0 saturated carbocycles. The lowest BCUT2D eigenvalue weighted by atomic mass is 10.0. The largest absolute Gasteiger partial charge is 0.492 e. The highest BCUT2D eigenvalue weighted by Gasteiger charge is 2.18. The average molecular weight is 348 g/mol. The number of para-hydroxylation sites is 2. The zero-order valence-corrected chi connectivity index (χ0v) is 15.2. The number of ether oxygens (including phenoxy) is 1. The van der Waals surface area contributed by atoms with Crippen LogP contribution in [-0.4, -0.2) is 17.1 Å². The van der Waals surface area contributed by atoms with Crippen LogP contribution in [0.15, 0.2) is 73.1 Å². The fraction of sp³-hybridized carbons (Fsp3) is 0.227. The molecular weight excluding hydrogens is 324 g/mol. The van der Waals surface area contributed by atoms with E-state index in [-0.39, 0.29) is 11.9 Å². The van der Waals surface area contributed by atoms with Gasteiger partial charge >= 0.3 is 0 Å². The van der Waals surface area contributed by atoms with Crippen LogP contribution in [0.1, 0.15) is 30.5 Å². The molecule has 0 saturated heterocycles. The standard InChI is InChI=1S/C22H24N2O2/c1-3-26-21-12-5-4-11-19(21)23-22(25)16-20(24-13-6-7-14-24)18-10-8-9-17(2)15-18/h4-15,20H,3,16H2,1-2H3,(H,23,25)/t20-/m1/s1. The van der Waals surface area contributed by atoms with Crippen molar-refractivity contribution in [2.75, 3.05) is 11.9 Å². The van der Waals surface area contributed by atoms with Crippen molar-refractivity contribution in [2.24, 2.45) is 0 Å². The van der Waals surface area contributed by atoms with Gasteiger partial charge in [0.25, 0.3) is 0 Å². The molecule has 1 amide bonds. The van der Waals surface area contributed by atoms with E-state index in [1.165, 1.54) is 5.56 Å². The van der Waals surface area contributed by atoms with Crippen molar-refractivity contribution in [2.45, 2.75) is 26.3 Å². The van der Waals surface area contributed by atoms with Gasteiger partial charge in [-0.25, -0.2) is 0 Å². The molecule has 0 aliphatic rings. The molecule has 1 heterocycles. The Bertz CT molecular complexity index is 856. The van der Waals surface area contributed by atoms with Crippen molar-refractivity contribution in [3.8, 4) is 5.75 Å². The fourth-order valence-electron chi connectivity index (χ4n) is 3.06. The molecule has 0 radical (unpaired) electrons. The van der Waals surface area contributed by atoms with Crippen LogP contribution in [0, 0.1) is 6.92 Å². The van der Waals surface area contributed by atoms with Crippen LogP contribution in [-0.2, 0) is 4.79 Å². The zero-order valence-electron chi connectivity index (χ0n) is 15.2. The Hall–Kier alpha value is -3.01. The van der Waals surface area contributed by atoms with E-state index in [0.29, 0.717) is 24.5 Å². The predicted molar refractivity (Wildman–Crippen MR) is 105 cm³/mol. The summed E-state index contributed by atoms with van der Waals surface area (Å²) in [5, 5.41) is 2.99. The van der Waals surface area contributed by atoms with Gasteiger partial charge in [-0.2, -0.15) is 0 Å². The second-order valence-corrected chi connectivity index (χ2v) is 6.24. The number of anilines is 1. The minimum Gasteiger partial charge on any atom is -0.492 e. The zero-order chi connectivity index (χ0) is 18.4. The van der Waals surface area contributed by atoms with Gasteiger partial charge in [-0.3, -0.25) is 4.79 Å². The van der Waals surface area contributed by atoms with Gasteiger partial charge in [-0.05, 0) is 43.7 Å². The highest BCUT2D eigenvalue weighted by molar-refractivity contribution is 5.92. The Morgan fingerprint density at radius 1 is 1.08 bits per heavy atom. The van der Waals surface area contributed by atoms with Gasteiger partial charge in [0.2, 0.25) is 5.91 Å². The molecule has 26 heavy (non-hydrogen) atoms. The normalized spacial score (nSPS) is 11.8. The Balaban J connectivity index is 1.80. The smallest absolute Gasteiger partial charge is 0.226 e. The first-order valence-electron chi connectivity index (χ1n) is 8.88. The summed E-state index contributed by atoms with van der Waals surface area (Å²) in [5.74, 6) is 0.647. The summed E-state index contributed by atoms with van der Waals surface area (Å²) >= 11 is 0. The number of nitrogens with one attached hydrogen (secondary N) is 1. The highest BCUT2D eigenvalue weighted by atomic mass is 16.5. The monoisotopic (exact) mass is 348 g/mol. The Morgan fingerprint density at radius 2 is 1.85 bits per heavy atom. The number of hydrogen-bond donors (Lipinski definition) is 1. The Labute approximate surface area is 154 Å². The van der Waals surface area contributed by atoms with Gasteiger partial charge in [0, 0.05) is 12.4 Å². The molecule has 0 aliphatic heterocycles. The van der Waals surface area contributed by atoms with Gasteiger partial charge in [0.05, 0.1) is 24.8 Å². The van der Waals surface area contributed by atoms with E-state index in [2.05, 4.69) is 35.0 Å². The molecule has 1 aromatic heterocycles. The van der Waals surface area contributed by atoms with Crippen molar-refractivity contribution < 1.29 is 9.53 Å². The number of amides is 1. The lowest BCUT2D eigenvalue weighted by Gasteiger charge is -2.20. The number of aromatic nitrogens is 1. The number of aryl methyl sites for hydroxylation is 1. The van der Waals surface area contributed by atoms with E-state index in [4.69, 9.17) is 4.74 Å². The first-order valence-corrected chi connectivity index (χ1v) is 8.88. The van der Waals surface area contributed by atoms with Crippen LogP contribution in [0.5, 0.6) is 5.75 Å². The number of rotatable bonds is 7. The summed E-state index contributed by atoms with van der Waals surface area (Å²) in [5.41, 5.74) is 3.01. The van der Waals surface area contributed by atoms with Gasteiger partial charge in [-0.15, -0.1) is 0 Å². The van der Waals surface area contributed by atoms with Crippen molar-refractivity contribution >= 4 is 11.6 Å². The molecule has 2 aromatic carbocycles. The third-order valence-electron chi connectivity index (χ3n) is 4.25. The minimum absolute atomic E-state index is 0.0441. The van der Waals surface area contributed by atoms with Crippen LogP contribution in [0.2, 0.25) is 0 Å². The van der Waals surface area contributed by atoms with Crippen LogP contribution >= 0.6 is 0 Å². The Morgan fingerprint density at radius 3 is 2.58 bits per heavy atom. The van der Waals surface area contributed by atoms with Crippen molar-refractivity contribution in [3.63, 3.8) is 0 Å². The second-order valence-electron chi connectivity index (χ2n) is 6.24. The van der Waals surface area contributed by atoms with Crippen LogP contribution in [0.25, 0.3) is 0 Å². The van der Waals surface area contributed by atoms with Gasteiger partial charge in [0.1, 0.15) is 5.75 Å². The maximum atomic E-state index is 12.8. The molecule has 4 heteroatoms. The highest BCUT2D eigenvalue weighted by Crippen LogP contribution is 2.27. The summed E-state index contributed by atoms with van der Waals surface area (Å²) in [6.45, 7) is 4.55. The molecule has 3 rings (SSSR count). The third-order valence-corrected chi connectivity index (χ3v) is 4.25. The summed E-state index contributed by atoms with van der Waals surface area (Å²) in [7, 11) is 0. The molecule has 0 bridgehead atoms. The molecular formula is C22H24N2O2. The number of nitrogens with zero attached hydrogens (tertiary/aromatic N) is 1. The maximum Gasteiger partial charge on any atom is 0.226 e. The molecule has 3 aromatic rings. The van der Waals surface area contributed by atoms with Crippen LogP contribution in [0.3, 0.4) is 0 Å². The average Bonchev–Trinajstić information content (AvgIpc) is 3.16. The van der Waals surface area contributed by atoms with E-state index in [9.17, 15) is 4.79 Å². The van der Waals surface area contributed by atoms with E-state index in [1.54, 1.807) is 0 Å². The lowest BCUT2D eigenvalue weighted by molar-refractivity contribution is -0.116. The molecule has 0 spiro atoms. The summed E-state index contributed by atoms with van der Waals surface area (Å²) in [6, 6.07) is 19.7. The van der Waals surface area contributed by atoms with Gasteiger partial charge in [-0.1, -0.05) is 42.0 Å². The molecule has 0 unspecified atom stereocenters. The first-order chi connectivity index (χ1) is 12.7. The first kappa shape index (κ1) is 17.8. The van der Waals surface area contributed by atoms with Crippen molar-refractivity contribution in [1.29, 1.82) is 0 Å². The van der Waals surface area contributed by atoms with E-state index < -0.39 is 0 Å². The van der Waals surface area contributed by atoms with Gasteiger partial charge in [0.15, 0.2) is 0 Å². The Kier molecular flexibility index (Phi) is 5.74. The topological polar surface area (TPSA) is 43.3 Å². The molecule has 1 atom stereocenters. The second kappa shape index (κ2) is 8.39. The van der Waals surface area contributed by atoms with E-state index >= 15 is 0 Å². The van der Waals surface area contributed by atoms with Gasteiger partial charge < -0.3 is 14.6 Å². The summed E-state index contributed by atoms with van der Waals surface area (Å²) in [6.07, 6.45) is 4.33. The molecule has 1 N–H and O–H groups in total. The third kappa shape index (κ3) is 4.33. The number of carbonyl (C=O) groups excluding carboxylic acids is 1. The minimum atomic E-state index is -0.0517. The molecule has 4 nitrogen and oxygen atoms in total. The number of carbonyl (C=O) groups is 1. The summed E-state index contributed by atoms with van der Waals surface area (Å²) in [4.78, 5) is 12.8. The van der Waals surface area contributed by atoms with Crippen molar-refractivity contribution in [3.05, 3.63) is 84.2 Å². The predicted octanol–water partition coefficient (Wildman–Crippen LogP) is 4.81. The molecule has 0 aliphatic carbocycles. The number of benzene rings is 2.